The van der Waals surface area contributed by atoms with Crippen molar-refractivity contribution in [3.63, 3.8) is 0 Å². The number of fused-ring (bicyclic) bond motifs is 1. The van der Waals surface area contributed by atoms with E-state index in [-0.39, 0.29) is 17.6 Å². The zero-order valence-corrected chi connectivity index (χ0v) is 18.6. The van der Waals surface area contributed by atoms with Gasteiger partial charge >= 0.3 is 6.03 Å². The lowest BCUT2D eigenvalue weighted by Gasteiger charge is -2.12. The average Bonchev–Trinajstić information content (AvgIpc) is 3.19. The number of anilines is 1. The number of rotatable bonds is 6. The standard InChI is InChI=1S/C24H26N6O2/c1-6-18(9-7-15(2)3)26-23(31)22-20-12-16(8-10-21(20)28-29-22)17-11-19(14-25-13-17)27-24(32)30(4)5/h6-14H,2H2,1,3-5H3,(H,26,31)(H,27,32)(H,28,29)/b9-7-,18-6+. The highest BCUT2D eigenvalue weighted by atomic mass is 16.2. The molecule has 0 aliphatic carbocycles. The molecule has 0 unspecified atom stereocenters. The first-order valence-corrected chi connectivity index (χ1v) is 10.0. The van der Waals surface area contributed by atoms with Gasteiger partial charge in [-0.2, -0.15) is 5.10 Å². The van der Waals surface area contributed by atoms with Crippen molar-refractivity contribution in [2.45, 2.75) is 13.8 Å². The van der Waals surface area contributed by atoms with E-state index in [1.807, 2.05) is 44.2 Å². The Bertz CT molecular complexity index is 1240. The predicted molar refractivity (Wildman–Crippen MR) is 127 cm³/mol. The number of benzene rings is 1. The fourth-order valence-electron chi connectivity index (χ4n) is 2.90. The summed E-state index contributed by atoms with van der Waals surface area (Å²) in [5.74, 6) is -0.321. The van der Waals surface area contributed by atoms with Gasteiger partial charge in [0.2, 0.25) is 0 Å². The Hall–Kier alpha value is -4.20. The summed E-state index contributed by atoms with van der Waals surface area (Å²) in [6, 6.07) is 7.23. The van der Waals surface area contributed by atoms with Gasteiger partial charge in [0.1, 0.15) is 0 Å². The highest BCUT2D eigenvalue weighted by Crippen LogP contribution is 2.26. The molecule has 0 aliphatic heterocycles. The molecule has 0 saturated heterocycles. The molecule has 3 amide bonds. The second kappa shape index (κ2) is 9.74. The van der Waals surface area contributed by atoms with Crippen LogP contribution in [0.5, 0.6) is 0 Å². The molecule has 0 atom stereocenters. The normalized spacial score (nSPS) is 11.6. The molecule has 1 aromatic carbocycles. The number of hydrogen-bond acceptors (Lipinski definition) is 4. The highest BCUT2D eigenvalue weighted by Gasteiger charge is 2.16. The van der Waals surface area contributed by atoms with E-state index in [4.69, 9.17) is 0 Å². The monoisotopic (exact) mass is 430 g/mol. The van der Waals surface area contributed by atoms with E-state index < -0.39 is 0 Å². The summed E-state index contributed by atoms with van der Waals surface area (Å²) < 4.78 is 0. The molecule has 0 aliphatic rings. The fourth-order valence-corrected chi connectivity index (χ4v) is 2.90. The van der Waals surface area contributed by atoms with E-state index in [1.54, 1.807) is 38.6 Å². The van der Waals surface area contributed by atoms with Crippen LogP contribution in [0.15, 0.2) is 72.7 Å². The van der Waals surface area contributed by atoms with Crippen molar-refractivity contribution in [2.24, 2.45) is 0 Å². The van der Waals surface area contributed by atoms with Crippen LogP contribution in [0.2, 0.25) is 0 Å². The molecule has 0 fully saturated rings. The van der Waals surface area contributed by atoms with E-state index in [1.165, 1.54) is 4.90 Å². The van der Waals surface area contributed by atoms with Gasteiger partial charge in [-0.25, -0.2) is 4.79 Å². The number of carbonyl (C=O) groups is 2. The van der Waals surface area contributed by atoms with Gasteiger partial charge in [-0.15, -0.1) is 0 Å². The number of nitrogens with one attached hydrogen (secondary N) is 3. The number of aromatic nitrogens is 3. The third-order valence-electron chi connectivity index (χ3n) is 4.62. The van der Waals surface area contributed by atoms with Gasteiger partial charge < -0.3 is 15.5 Å². The first-order chi connectivity index (χ1) is 15.3. The largest absolute Gasteiger partial charge is 0.331 e. The molecular formula is C24H26N6O2. The molecule has 8 nitrogen and oxygen atoms in total. The molecular weight excluding hydrogens is 404 g/mol. The average molecular weight is 431 g/mol. The van der Waals surface area contributed by atoms with E-state index in [9.17, 15) is 9.59 Å². The lowest BCUT2D eigenvalue weighted by atomic mass is 10.0. The maximum atomic E-state index is 12.9. The van der Waals surface area contributed by atoms with Crippen LogP contribution in [0.3, 0.4) is 0 Å². The van der Waals surface area contributed by atoms with Gasteiger partial charge in [0.05, 0.1) is 17.4 Å². The Kier molecular flexibility index (Phi) is 6.84. The molecule has 2 heterocycles. The maximum absolute atomic E-state index is 12.9. The quantitative estimate of drug-likeness (QED) is 0.502. The van der Waals surface area contributed by atoms with Crippen LogP contribution >= 0.6 is 0 Å². The van der Waals surface area contributed by atoms with Crippen LogP contribution in [-0.4, -0.2) is 46.1 Å². The van der Waals surface area contributed by atoms with Crippen molar-refractivity contribution in [3.05, 3.63) is 78.4 Å². The first-order valence-electron chi connectivity index (χ1n) is 10.0. The van der Waals surface area contributed by atoms with Crippen molar-refractivity contribution in [1.82, 2.24) is 25.4 Å². The number of nitrogens with zero attached hydrogens (tertiary/aromatic N) is 3. The van der Waals surface area contributed by atoms with Crippen molar-refractivity contribution in [2.75, 3.05) is 19.4 Å². The summed E-state index contributed by atoms with van der Waals surface area (Å²) >= 11 is 0. The fraction of sp³-hybridized carbons (Fsp3) is 0.167. The van der Waals surface area contributed by atoms with E-state index in [0.29, 0.717) is 16.8 Å². The minimum absolute atomic E-state index is 0.242. The summed E-state index contributed by atoms with van der Waals surface area (Å²) in [5, 5.41) is 13.4. The summed E-state index contributed by atoms with van der Waals surface area (Å²) in [7, 11) is 3.33. The number of amides is 3. The van der Waals surface area contributed by atoms with Crippen molar-refractivity contribution >= 4 is 28.5 Å². The second-order valence-electron chi connectivity index (χ2n) is 7.50. The van der Waals surface area contributed by atoms with Crippen LogP contribution in [0.25, 0.3) is 22.0 Å². The first kappa shape index (κ1) is 22.5. The SMILES string of the molecule is C=C(C)/C=C\C(=C/C)NC(=O)c1n[nH]c2ccc(-c3cncc(NC(=O)N(C)C)c3)cc12. The molecule has 32 heavy (non-hydrogen) atoms. The molecule has 0 saturated carbocycles. The molecule has 0 bridgehead atoms. The molecule has 3 rings (SSSR count). The molecule has 0 spiro atoms. The van der Waals surface area contributed by atoms with Crippen LogP contribution in [0, 0.1) is 0 Å². The number of aromatic amines is 1. The molecule has 3 N–H and O–H groups in total. The molecule has 8 heteroatoms. The minimum atomic E-state index is -0.321. The lowest BCUT2D eigenvalue weighted by molar-refractivity contribution is 0.0963. The van der Waals surface area contributed by atoms with E-state index >= 15 is 0 Å². The van der Waals surface area contributed by atoms with E-state index in [0.717, 1.165) is 22.2 Å². The number of H-pyrrole nitrogens is 1. The Labute approximate surface area is 186 Å². The third kappa shape index (κ3) is 5.28. The number of allylic oxidation sites excluding steroid dienone is 4. The zero-order valence-electron chi connectivity index (χ0n) is 18.6. The summed E-state index contributed by atoms with van der Waals surface area (Å²) in [6.07, 6.45) is 8.70. The predicted octanol–water partition coefficient (Wildman–Crippen LogP) is 4.48. The molecule has 0 radical (unpaired) electrons. The topological polar surface area (TPSA) is 103 Å². The number of carbonyl (C=O) groups excluding carboxylic acids is 2. The summed E-state index contributed by atoms with van der Waals surface area (Å²) in [5.41, 5.74) is 4.78. The maximum Gasteiger partial charge on any atom is 0.321 e. The van der Waals surface area contributed by atoms with Crippen LogP contribution in [0.1, 0.15) is 24.3 Å². The van der Waals surface area contributed by atoms with Crippen LogP contribution in [-0.2, 0) is 0 Å². The molecule has 164 valence electrons. The third-order valence-corrected chi connectivity index (χ3v) is 4.62. The van der Waals surface area contributed by atoms with Crippen LogP contribution < -0.4 is 10.6 Å². The summed E-state index contributed by atoms with van der Waals surface area (Å²) in [4.78, 5) is 30.5. The Morgan fingerprint density at radius 2 is 1.91 bits per heavy atom. The summed E-state index contributed by atoms with van der Waals surface area (Å²) in [6.45, 7) is 7.55. The van der Waals surface area contributed by atoms with Crippen LogP contribution in [0.4, 0.5) is 10.5 Å². The number of hydrogen-bond donors (Lipinski definition) is 3. The van der Waals surface area contributed by atoms with Gasteiger partial charge in [-0.3, -0.25) is 14.9 Å². The van der Waals surface area contributed by atoms with Gasteiger partial charge in [-0.05, 0) is 43.7 Å². The van der Waals surface area contributed by atoms with Gasteiger partial charge in [0.15, 0.2) is 5.69 Å². The Morgan fingerprint density at radius 3 is 2.59 bits per heavy atom. The zero-order chi connectivity index (χ0) is 23.3. The molecule has 3 aromatic rings. The van der Waals surface area contributed by atoms with Crippen molar-refractivity contribution < 1.29 is 9.59 Å². The number of urea groups is 1. The van der Waals surface area contributed by atoms with Crippen molar-refractivity contribution in [3.8, 4) is 11.1 Å². The molecule has 2 aromatic heterocycles. The van der Waals surface area contributed by atoms with Gasteiger partial charge in [0.25, 0.3) is 5.91 Å². The second-order valence-corrected chi connectivity index (χ2v) is 7.50. The Balaban J connectivity index is 1.90. The van der Waals surface area contributed by atoms with Crippen molar-refractivity contribution in [1.29, 1.82) is 0 Å². The minimum Gasteiger partial charge on any atom is -0.331 e. The lowest BCUT2D eigenvalue weighted by Crippen LogP contribution is -2.27. The highest BCUT2D eigenvalue weighted by molar-refractivity contribution is 6.06. The smallest absolute Gasteiger partial charge is 0.321 e. The van der Waals surface area contributed by atoms with Gasteiger partial charge in [-0.1, -0.05) is 30.4 Å². The van der Waals surface area contributed by atoms with Gasteiger partial charge in [0, 0.05) is 36.9 Å². The Morgan fingerprint density at radius 1 is 1.12 bits per heavy atom. The number of pyridine rings is 1. The van der Waals surface area contributed by atoms with E-state index in [2.05, 4.69) is 32.4 Å².